The highest BCUT2D eigenvalue weighted by molar-refractivity contribution is 5.78. The molecule has 0 aliphatic carbocycles. The van der Waals surface area contributed by atoms with Crippen molar-refractivity contribution in [3.8, 4) is 0 Å². The molecule has 0 unspecified atom stereocenters. The molecule has 1 aromatic rings. The first-order chi connectivity index (χ1) is 12.5. The first-order valence-electron chi connectivity index (χ1n) is 9.73. The highest BCUT2D eigenvalue weighted by Crippen LogP contribution is 2.14. The van der Waals surface area contributed by atoms with E-state index in [1.165, 1.54) is 0 Å². The maximum absolute atomic E-state index is 12.4. The van der Waals surface area contributed by atoms with Gasteiger partial charge >= 0.3 is 0 Å². The lowest BCUT2D eigenvalue weighted by atomic mass is 10.1. The zero-order valence-corrected chi connectivity index (χ0v) is 16.1. The third-order valence-electron chi connectivity index (χ3n) is 4.67. The molecule has 26 heavy (non-hydrogen) atoms. The van der Waals surface area contributed by atoms with E-state index in [0.717, 1.165) is 37.8 Å². The van der Waals surface area contributed by atoms with Gasteiger partial charge in [-0.2, -0.15) is 0 Å². The summed E-state index contributed by atoms with van der Waals surface area (Å²) in [7, 11) is 0. The molecule has 1 N–H and O–H groups in total. The quantitative estimate of drug-likeness (QED) is 0.775. The van der Waals surface area contributed by atoms with Crippen molar-refractivity contribution in [2.45, 2.75) is 58.6 Å². The zero-order valence-electron chi connectivity index (χ0n) is 16.1. The average Bonchev–Trinajstić information content (AvgIpc) is 2.86. The second kappa shape index (κ2) is 11.0. The van der Waals surface area contributed by atoms with Crippen molar-refractivity contribution >= 4 is 11.8 Å². The summed E-state index contributed by atoms with van der Waals surface area (Å²) in [6, 6.07) is 9.84. The minimum atomic E-state index is -0.109. The monoisotopic (exact) mass is 360 g/mol. The summed E-state index contributed by atoms with van der Waals surface area (Å²) in [5, 5.41) is 3.04. The fourth-order valence-electron chi connectivity index (χ4n) is 3.16. The molecule has 1 aromatic carbocycles. The first kappa shape index (κ1) is 20.4. The number of amides is 2. The molecule has 0 aromatic heterocycles. The summed E-state index contributed by atoms with van der Waals surface area (Å²) < 4.78 is 5.50. The molecule has 2 rings (SSSR count). The van der Waals surface area contributed by atoms with E-state index in [1.54, 1.807) is 0 Å². The largest absolute Gasteiger partial charge is 0.367 e. The molecule has 5 nitrogen and oxygen atoms in total. The van der Waals surface area contributed by atoms with Crippen LogP contribution in [0.25, 0.3) is 0 Å². The van der Waals surface area contributed by atoms with E-state index in [9.17, 15) is 9.59 Å². The Hall–Kier alpha value is -1.88. The summed E-state index contributed by atoms with van der Waals surface area (Å²) >= 11 is 0. The van der Waals surface area contributed by atoms with Crippen molar-refractivity contribution < 1.29 is 14.3 Å². The number of carbonyl (C=O) groups is 2. The number of nitrogens with one attached hydrogen (secondary N) is 1. The summed E-state index contributed by atoms with van der Waals surface area (Å²) in [5.74, 6) is 0.630. The van der Waals surface area contributed by atoms with E-state index >= 15 is 0 Å². The van der Waals surface area contributed by atoms with Crippen LogP contribution in [0.4, 0.5) is 0 Å². The number of benzene rings is 1. The second-order valence-electron chi connectivity index (χ2n) is 7.51. The molecule has 1 heterocycles. The number of likely N-dealkylation sites (tertiary alicyclic amines) is 1. The third kappa shape index (κ3) is 7.56. The molecule has 0 bridgehead atoms. The highest BCUT2D eigenvalue weighted by atomic mass is 16.5. The number of nitrogens with zero attached hydrogens (tertiary/aromatic N) is 1. The van der Waals surface area contributed by atoms with Crippen LogP contribution in [0.5, 0.6) is 0 Å². The van der Waals surface area contributed by atoms with Crippen LogP contribution in [0, 0.1) is 5.92 Å². The van der Waals surface area contributed by atoms with Crippen molar-refractivity contribution in [1.29, 1.82) is 0 Å². The third-order valence-corrected chi connectivity index (χ3v) is 4.67. The molecule has 1 aliphatic heterocycles. The van der Waals surface area contributed by atoms with Crippen LogP contribution >= 0.6 is 0 Å². The number of rotatable bonds is 8. The Morgan fingerprint density at radius 1 is 1.23 bits per heavy atom. The highest BCUT2D eigenvalue weighted by Gasteiger charge is 2.23. The van der Waals surface area contributed by atoms with Gasteiger partial charge in [0.25, 0.3) is 0 Å². The summed E-state index contributed by atoms with van der Waals surface area (Å²) in [4.78, 5) is 26.5. The maximum Gasteiger partial charge on any atom is 0.246 e. The minimum absolute atomic E-state index is 0.0216. The lowest BCUT2D eigenvalue weighted by Gasteiger charge is -2.25. The van der Waals surface area contributed by atoms with E-state index in [4.69, 9.17) is 4.74 Å². The summed E-state index contributed by atoms with van der Waals surface area (Å²) in [6.45, 7) is 6.16. The van der Waals surface area contributed by atoms with Crippen LogP contribution < -0.4 is 5.32 Å². The van der Waals surface area contributed by atoms with Gasteiger partial charge in [0.2, 0.25) is 11.8 Å². The van der Waals surface area contributed by atoms with Crippen LogP contribution in [0.15, 0.2) is 30.3 Å². The molecular formula is C21H32N2O3. The Morgan fingerprint density at radius 2 is 2.00 bits per heavy atom. The SMILES string of the molecule is CC(C)CCC(=O)N1CCCC[C@H](NC(=O)COCc2ccccc2)C1. The van der Waals surface area contributed by atoms with Gasteiger partial charge in [0, 0.05) is 25.6 Å². The van der Waals surface area contributed by atoms with E-state index in [0.29, 0.717) is 25.5 Å². The predicted molar refractivity (Wildman–Crippen MR) is 103 cm³/mol. The van der Waals surface area contributed by atoms with Crippen LogP contribution in [0.1, 0.15) is 51.5 Å². The van der Waals surface area contributed by atoms with Gasteiger partial charge in [-0.15, -0.1) is 0 Å². The van der Waals surface area contributed by atoms with Gasteiger partial charge < -0.3 is 15.0 Å². The van der Waals surface area contributed by atoms with Crippen LogP contribution in [0.3, 0.4) is 0 Å². The molecule has 5 heteroatoms. The Labute approximate surface area is 157 Å². The van der Waals surface area contributed by atoms with Crippen molar-refractivity contribution in [2.75, 3.05) is 19.7 Å². The van der Waals surface area contributed by atoms with Crippen LogP contribution in [-0.2, 0) is 20.9 Å². The molecule has 1 atom stereocenters. The normalized spacial score (nSPS) is 17.8. The minimum Gasteiger partial charge on any atom is -0.367 e. The van der Waals surface area contributed by atoms with Gasteiger partial charge in [0.15, 0.2) is 0 Å². The van der Waals surface area contributed by atoms with Crippen molar-refractivity contribution in [3.05, 3.63) is 35.9 Å². The van der Waals surface area contributed by atoms with Crippen molar-refractivity contribution in [1.82, 2.24) is 10.2 Å². The lowest BCUT2D eigenvalue weighted by molar-refractivity contribution is -0.133. The molecule has 0 saturated carbocycles. The van der Waals surface area contributed by atoms with Gasteiger partial charge in [-0.3, -0.25) is 9.59 Å². The molecule has 1 fully saturated rings. The number of hydrogen-bond donors (Lipinski definition) is 1. The predicted octanol–water partition coefficient (Wildman–Crippen LogP) is 3.14. The fourth-order valence-corrected chi connectivity index (χ4v) is 3.16. The summed E-state index contributed by atoms with van der Waals surface area (Å²) in [6.07, 6.45) is 4.46. The molecular weight excluding hydrogens is 328 g/mol. The van der Waals surface area contributed by atoms with Crippen LogP contribution in [0.2, 0.25) is 0 Å². The maximum atomic E-state index is 12.4. The molecule has 144 valence electrons. The molecule has 1 saturated heterocycles. The van der Waals surface area contributed by atoms with Crippen LogP contribution in [-0.4, -0.2) is 42.5 Å². The smallest absolute Gasteiger partial charge is 0.246 e. The number of hydrogen-bond acceptors (Lipinski definition) is 3. The Kier molecular flexibility index (Phi) is 8.62. The topological polar surface area (TPSA) is 58.6 Å². The summed E-state index contributed by atoms with van der Waals surface area (Å²) in [5.41, 5.74) is 1.05. The number of ether oxygens (including phenoxy) is 1. The molecule has 0 radical (unpaired) electrons. The molecule has 1 aliphatic rings. The van der Waals surface area contributed by atoms with Gasteiger partial charge in [-0.1, -0.05) is 44.2 Å². The van der Waals surface area contributed by atoms with E-state index < -0.39 is 0 Å². The first-order valence-corrected chi connectivity index (χ1v) is 9.73. The standard InChI is InChI=1S/C21H32N2O3/c1-17(2)11-12-21(25)23-13-7-6-10-19(14-23)22-20(24)16-26-15-18-8-4-3-5-9-18/h3-5,8-9,17,19H,6-7,10-16H2,1-2H3,(H,22,24)/t19-/m0/s1. The Balaban J connectivity index is 1.74. The Bertz CT molecular complexity index is 560. The van der Waals surface area contributed by atoms with Gasteiger partial charge in [-0.05, 0) is 37.2 Å². The van der Waals surface area contributed by atoms with Gasteiger partial charge in [0.1, 0.15) is 6.61 Å². The van der Waals surface area contributed by atoms with E-state index in [2.05, 4.69) is 19.2 Å². The average molecular weight is 360 g/mol. The Morgan fingerprint density at radius 3 is 2.73 bits per heavy atom. The zero-order chi connectivity index (χ0) is 18.8. The van der Waals surface area contributed by atoms with E-state index in [-0.39, 0.29) is 24.5 Å². The van der Waals surface area contributed by atoms with E-state index in [1.807, 2.05) is 35.2 Å². The van der Waals surface area contributed by atoms with Crippen molar-refractivity contribution in [2.24, 2.45) is 5.92 Å². The molecule has 2 amide bonds. The number of carbonyl (C=O) groups excluding carboxylic acids is 2. The lowest BCUT2D eigenvalue weighted by Crippen LogP contribution is -2.45. The van der Waals surface area contributed by atoms with Crippen molar-refractivity contribution in [3.63, 3.8) is 0 Å². The van der Waals surface area contributed by atoms with Gasteiger partial charge in [0.05, 0.1) is 6.61 Å². The van der Waals surface area contributed by atoms with Gasteiger partial charge in [-0.25, -0.2) is 0 Å². The molecule has 0 spiro atoms. The second-order valence-corrected chi connectivity index (χ2v) is 7.51. The fraction of sp³-hybridized carbons (Fsp3) is 0.619.